The van der Waals surface area contributed by atoms with Crippen molar-refractivity contribution in [2.24, 2.45) is 11.7 Å². The highest BCUT2D eigenvalue weighted by Gasteiger charge is 2.26. The fourth-order valence-electron chi connectivity index (χ4n) is 3.28. The molecule has 0 radical (unpaired) electrons. The van der Waals surface area contributed by atoms with E-state index in [9.17, 15) is 0 Å². The maximum atomic E-state index is 5.99. The van der Waals surface area contributed by atoms with Crippen molar-refractivity contribution in [3.8, 4) is 0 Å². The van der Waals surface area contributed by atoms with E-state index in [-0.39, 0.29) is 0 Å². The van der Waals surface area contributed by atoms with E-state index in [0.717, 1.165) is 25.4 Å². The Labute approximate surface area is 118 Å². The van der Waals surface area contributed by atoms with Crippen LogP contribution in [0.25, 0.3) is 0 Å². The van der Waals surface area contributed by atoms with Gasteiger partial charge < -0.3 is 5.73 Å². The molecule has 1 aromatic rings. The summed E-state index contributed by atoms with van der Waals surface area (Å²) in [6, 6.07) is 9.41. The maximum Gasteiger partial charge on any atom is 0.0239 e. The molecule has 1 aliphatic heterocycles. The normalized spacial score (nSPS) is 24.6. The first-order valence-corrected chi connectivity index (χ1v) is 7.79. The lowest BCUT2D eigenvalue weighted by atomic mass is 9.88. The Balaban J connectivity index is 2.05. The molecule has 1 fully saturated rings. The predicted octanol–water partition coefficient (Wildman–Crippen LogP) is 3.20. The first-order valence-electron chi connectivity index (χ1n) is 7.79. The topological polar surface area (TPSA) is 29.3 Å². The average Bonchev–Trinajstić information content (AvgIpc) is 2.48. The number of hydrogen-bond donors (Lipinski definition) is 1. The molecule has 19 heavy (non-hydrogen) atoms. The molecule has 0 bridgehead atoms. The Kier molecular flexibility index (Phi) is 5.41. The number of nitrogens with two attached hydrogens (primary N) is 1. The quantitative estimate of drug-likeness (QED) is 0.881. The number of likely N-dealkylation sites (tertiary alicyclic amines) is 1. The molecule has 2 rings (SSSR count). The second-order valence-corrected chi connectivity index (χ2v) is 5.78. The molecular formula is C17H28N2. The van der Waals surface area contributed by atoms with Crippen LogP contribution in [0, 0.1) is 5.92 Å². The van der Waals surface area contributed by atoms with Crippen molar-refractivity contribution in [3.63, 3.8) is 0 Å². The minimum absolute atomic E-state index is 0.573. The fourth-order valence-corrected chi connectivity index (χ4v) is 3.28. The van der Waals surface area contributed by atoms with Crippen LogP contribution in [0.2, 0.25) is 0 Å². The molecule has 2 heteroatoms. The summed E-state index contributed by atoms with van der Waals surface area (Å²) in [5, 5.41) is 0. The van der Waals surface area contributed by atoms with E-state index in [0.29, 0.717) is 6.04 Å². The number of hydrogen-bond acceptors (Lipinski definition) is 2. The monoisotopic (exact) mass is 260 g/mol. The van der Waals surface area contributed by atoms with Crippen LogP contribution in [-0.2, 0) is 13.0 Å². The van der Waals surface area contributed by atoms with Gasteiger partial charge in [-0.25, -0.2) is 0 Å². The standard InChI is InChI=1S/C17H28N2/c1-3-14-9-10-19(17(11-14)12-18)13-16-8-6-5-7-15(16)4-2/h5-8,14,17H,3-4,9-13,18H2,1-2H3. The van der Waals surface area contributed by atoms with E-state index >= 15 is 0 Å². The minimum Gasteiger partial charge on any atom is -0.329 e. The number of benzene rings is 1. The van der Waals surface area contributed by atoms with Crippen LogP contribution >= 0.6 is 0 Å². The zero-order valence-electron chi connectivity index (χ0n) is 12.4. The van der Waals surface area contributed by atoms with Crippen molar-refractivity contribution in [3.05, 3.63) is 35.4 Å². The van der Waals surface area contributed by atoms with Gasteiger partial charge in [0.05, 0.1) is 0 Å². The molecule has 1 aromatic carbocycles. The molecule has 0 spiro atoms. The van der Waals surface area contributed by atoms with E-state index in [1.54, 1.807) is 0 Å². The van der Waals surface area contributed by atoms with Gasteiger partial charge in [-0.1, -0.05) is 44.5 Å². The summed E-state index contributed by atoms with van der Waals surface area (Å²) in [6.45, 7) is 7.62. The maximum absolute atomic E-state index is 5.99. The second-order valence-electron chi connectivity index (χ2n) is 5.78. The van der Waals surface area contributed by atoms with E-state index in [4.69, 9.17) is 5.73 Å². The lowest BCUT2D eigenvalue weighted by Crippen LogP contribution is -2.46. The van der Waals surface area contributed by atoms with E-state index < -0.39 is 0 Å². The van der Waals surface area contributed by atoms with Crippen LogP contribution in [-0.4, -0.2) is 24.0 Å². The molecule has 1 saturated heterocycles. The Hall–Kier alpha value is -0.860. The molecule has 2 N–H and O–H groups in total. The molecular weight excluding hydrogens is 232 g/mol. The summed E-state index contributed by atoms with van der Waals surface area (Å²) in [5.74, 6) is 0.881. The smallest absolute Gasteiger partial charge is 0.0239 e. The summed E-state index contributed by atoms with van der Waals surface area (Å²) < 4.78 is 0. The highest BCUT2D eigenvalue weighted by molar-refractivity contribution is 5.27. The fraction of sp³-hybridized carbons (Fsp3) is 0.647. The molecule has 1 heterocycles. The minimum atomic E-state index is 0.573. The van der Waals surface area contributed by atoms with Crippen LogP contribution < -0.4 is 5.73 Å². The van der Waals surface area contributed by atoms with Gasteiger partial charge in [0.2, 0.25) is 0 Å². The van der Waals surface area contributed by atoms with Crippen molar-refractivity contribution < 1.29 is 0 Å². The number of piperidine rings is 1. The lowest BCUT2D eigenvalue weighted by molar-refractivity contribution is 0.107. The van der Waals surface area contributed by atoms with E-state index in [1.165, 1.54) is 36.9 Å². The Morgan fingerprint density at radius 2 is 1.95 bits per heavy atom. The molecule has 0 aliphatic carbocycles. The van der Waals surface area contributed by atoms with Gasteiger partial charge in [-0.15, -0.1) is 0 Å². The molecule has 106 valence electrons. The number of rotatable bonds is 5. The molecule has 1 aliphatic rings. The third kappa shape index (κ3) is 3.58. The van der Waals surface area contributed by atoms with Gasteiger partial charge in [-0.05, 0) is 42.9 Å². The average molecular weight is 260 g/mol. The van der Waals surface area contributed by atoms with Gasteiger partial charge in [-0.2, -0.15) is 0 Å². The van der Waals surface area contributed by atoms with Gasteiger partial charge in [0.1, 0.15) is 0 Å². The summed E-state index contributed by atoms with van der Waals surface area (Å²) in [6.07, 6.45) is 5.04. The van der Waals surface area contributed by atoms with Gasteiger partial charge in [-0.3, -0.25) is 4.90 Å². The third-order valence-electron chi connectivity index (χ3n) is 4.67. The predicted molar refractivity (Wildman–Crippen MR) is 82.1 cm³/mol. The van der Waals surface area contributed by atoms with Crippen molar-refractivity contribution in [1.29, 1.82) is 0 Å². The van der Waals surface area contributed by atoms with Gasteiger partial charge in [0.25, 0.3) is 0 Å². The molecule has 0 aromatic heterocycles. The van der Waals surface area contributed by atoms with Crippen LogP contribution in [0.15, 0.2) is 24.3 Å². The van der Waals surface area contributed by atoms with Crippen molar-refractivity contribution in [2.75, 3.05) is 13.1 Å². The Morgan fingerprint density at radius 1 is 1.21 bits per heavy atom. The first-order chi connectivity index (χ1) is 9.28. The van der Waals surface area contributed by atoms with Crippen LogP contribution in [0.3, 0.4) is 0 Å². The Morgan fingerprint density at radius 3 is 2.58 bits per heavy atom. The SMILES string of the molecule is CCc1ccccc1CN1CCC(CC)CC1CN. The summed E-state index contributed by atoms with van der Waals surface area (Å²) in [4.78, 5) is 2.60. The van der Waals surface area contributed by atoms with Gasteiger partial charge in [0, 0.05) is 19.1 Å². The lowest BCUT2D eigenvalue weighted by Gasteiger charge is -2.39. The van der Waals surface area contributed by atoms with Crippen molar-refractivity contribution in [2.45, 2.75) is 52.1 Å². The second kappa shape index (κ2) is 7.06. The van der Waals surface area contributed by atoms with Crippen LogP contribution in [0.5, 0.6) is 0 Å². The van der Waals surface area contributed by atoms with Crippen molar-refractivity contribution >= 4 is 0 Å². The zero-order chi connectivity index (χ0) is 13.7. The number of nitrogens with zero attached hydrogens (tertiary/aromatic N) is 1. The van der Waals surface area contributed by atoms with Crippen LogP contribution in [0.4, 0.5) is 0 Å². The molecule has 0 saturated carbocycles. The largest absolute Gasteiger partial charge is 0.329 e. The van der Waals surface area contributed by atoms with Crippen LogP contribution in [0.1, 0.15) is 44.2 Å². The summed E-state index contributed by atoms with van der Waals surface area (Å²) >= 11 is 0. The van der Waals surface area contributed by atoms with Gasteiger partial charge in [0.15, 0.2) is 0 Å². The van der Waals surface area contributed by atoms with Crippen molar-refractivity contribution in [1.82, 2.24) is 4.90 Å². The highest BCUT2D eigenvalue weighted by Crippen LogP contribution is 2.26. The first kappa shape index (κ1) is 14.5. The third-order valence-corrected chi connectivity index (χ3v) is 4.67. The van der Waals surface area contributed by atoms with Gasteiger partial charge >= 0.3 is 0 Å². The molecule has 2 unspecified atom stereocenters. The molecule has 2 atom stereocenters. The molecule has 2 nitrogen and oxygen atoms in total. The summed E-state index contributed by atoms with van der Waals surface area (Å²) in [7, 11) is 0. The zero-order valence-corrected chi connectivity index (χ0v) is 12.4. The number of aryl methyl sites for hydroxylation is 1. The molecule has 0 amide bonds. The highest BCUT2D eigenvalue weighted by atomic mass is 15.2. The Bertz CT molecular complexity index is 389. The van der Waals surface area contributed by atoms with E-state index in [2.05, 4.69) is 43.0 Å². The van der Waals surface area contributed by atoms with E-state index in [1.807, 2.05) is 0 Å². The summed E-state index contributed by atoms with van der Waals surface area (Å²) in [5.41, 5.74) is 8.96.